The lowest BCUT2D eigenvalue weighted by atomic mass is 10.2. The summed E-state index contributed by atoms with van der Waals surface area (Å²) >= 11 is 0. The van der Waals surface area contributed by atoms with Crippen LogP contribution in [-0.2, 0) is 4.74 Å². The number of esters is 1. The number of ether oxygens (including phenoxy) is 1. The van der Waals surface area contributed by atoms with Crippen molar-refractivity contribution in [3.63, 3.8) is 0 Å². The summed E-state index contributed by atoms with van der Waals surface area (Å²) in [6.07, 6.45) is 2.80. The number of aromatic carboxylic acids is 1. The molecule has 0 bridgehead atoms. The van der Waals surface area contributed by atoms with Crippen LogP contribution in [0.1, 0.15) is 40.7 Å². The number of furan rings is 1. The third-order valence-corrected chi connectivity index (χ3v) is 1.81. The Labute approximate surface area is 86.6 Å². The molecule has 0 amide bonds. The Morgan fingerprint density at radius 2 is 2.27 bits per heavy atom. The minimum Gasteiger partial charge on any atom is -0.478 e. The van der Waals surface area contributed by atoms with E-state index in [2.05, 4.69) is 0 Å². The second kappa shape index (κ2) is 5.19. The molecule has 0 radical (unpaired) electrons. The molecular formula is C10H12O5. The highest BCUT2D eigenvalue weighted by molar-refractivity contribution is 6.00. The van der Waals surface area contributed by atoms with Crippen molar-refractivity contribution >= 4 is 11.9 Å². The van der Waals surface area contributed by atoms with Crippen LogP contribution in [0.3, 0.4) is 0 Å². The van der Waals surface area contributed by atoms with Crippen molar-refractivity contribution in [1.82, 2.24) is 0 Å². The van der Waals surface area contributed by atoms with Crippen molar-refractivity contribution < 1.29 is 23.8 Å². The van der Waals surface area contributed by atoms with Crippen molar-refractivity contribution in [2.45, 2.75) is 19.8 Å². The van der Waals surface area contributed by atoms with Crippen LogP contribution in [0.4, 0.5) is 0 Å². The van der Waals surface area contributed by atoms with Gasteiger partial charge in [0.2, 0.25) is 5.76 Å². The van der Waals surface area contributed by atoms with Gasteiger partial charge in [0.15, 0.2) is 0 Å². The molecule has 5 heteroatoms. The van der Waals surface area contributed by atoms with Crippen molar-refractivity contribution in [3.8, 4) is 0 Å². The first-order valence-corrected chi connectivity index (χ1v) is 4.64. The fourth-order valence-electron chi connectivity index (χ4n) is 1.01. The molecule has 1 aromatic heterocycles. The average Bonchev–Trinajstić information content (AvgIpc) is 2.66. The van der Waals surface area contributed by atoms with Gasteiger partial charge in [0.25, 0.3) is 0 Å². The highest BCUT2D eigenvalue weighted by Gasteiger charge is 2.21. The van der Waals surface area contributed by atoms with E-state index in [0.717, 1.165) is 19.1 Å². The zero-order valence-electron chi connectivity index (χ0n) is 8.36. The maximum absolute atomic E-state index is 11.3. The molecule has 0 aliphatic carbocycles. The van der Waals surface area contributed by atoms with E-state index in [-0.39, 0.29) is 17.9 Å². The van der Waals surface area contributed by atoms with Crippen LogP contribution < -0.4 is 0 Å². The minimum absolute atomic E-state index is 0.170. The topological polar surface area (TPSA) is 76.7 Å². The monoisotopic (exact) mass is 212 g/mol. The molecule has 0 saturated carbocycles. The van der Waals surface area contributed by atoms with Crippen LogP contribution in [-0.4, -0.2) is 23.7 Å². The number of carbonyl (C=O) groups is 2. The van der Waals surface area contributed by atoms with Crippen LogP contribution in [0.25, 0.3) is 0 Å². The molecule has 0 unspecified atom stereocenters. The second-order valence-electron chi connectivity index (χ2n) is 2.96. The highest BCUT2D eigenvalue weighted by Crippen LogP contribution is 2.12. The van der Waals surface area contributed by atoms with Gasteiger partial charge in [-0.05, 0) is 12.5 Å². The van der Waals surface area contributed by atoms with Crippen LogP contribution in [0.5, 0.6) is 0 Å². The quantitative estimate of drug-likeness (QED) is 0.596. The number of rotatable bonds is 5. The summed E-state index contributed by atoms with van der Waals surface area (Å²) in [5.74, 6) is -2.18. The lowest BCUT2D eigenvalue weighted by Crippen LogP contribution is -2.10. The maximum atomic E-state index is 11.3. The van der Waals surface area contributed by atoms with E-state index in [1.165, 1.54) is 6.07 Å². The van der Waals surface area contributed by atoms with Gasteiger partial charge in [-0.15, -0.1) is 0 Å². The Hall–Kier alpha value is -1.78. The van der Waals surface area contributed by atoms with Gasteiger partial charge >= 0.3 is 11.9 Å². The van der Waals surface area contributed by atoms with Crippen LogP contribution in [0.15, 0.2) is 16.7 Å². The predicted molar refractivity (Wildman–Crippen MR) is 50.9 cm³/mol. The Morgan fingerprint density at radius 1 is 1.53 bits per heavy atom. The summed E-state index contributed by atoms with van der Waals surface area (Å²) in [5.41, 5.74) is -0.170. The molecule has 15 heavy (non-hydrogen) atoms. The number of carboxylic acid groups (broad SMARTS) is 1. The molecule has 1 aromatic rings. The second-order valence-corrected chi connectivity index (χ2v) is 2.96. The van der Waals surface area contributed by atoms with Crippen molar-refractivity contribution in [2.24, 2.45) is 0 Å². The molecule has 0 aliphatic rings. The van der Waals surface area contributed by atoms with Crippen molar-refractivity contribution in [3.05, 3.63) is 23.7 Å². The highest BCUT2D eigenvalue weighted by atomic mass is 16.5. The van der Waals surface area contributed by atoms with E-state index in [0.29, 0.717) is 0 Å². The van der Waals surface area contributed by atoms with Crippen LogP contribution in [0.2, 0.25) is 0 Å². The van der Waals surface area contributed by atoms with Gasteiger partial charge < -0.3 is 14.3 Å². The number of hydrogen-bond donors (Lipinski definition) is 1. The third-order valence-electron chi connectivity index (χ3n) is 1.81. The van der Waals surface area contributed by atoms with Crippen LogP contribution >= 0.6 is 0 Å². The molecular weight excluding hydrogens is 200 g/mol. The Morgan fingerprint density at radius 3 is 2.87 bits per heavy atom. The van der Waals surface area contributed by atoms with Gasteiger partial charge in [-0.25, -0.2) is 9.59 Å². The zero-order valence-corrected chi connectivity index (χ0v) is 8.36. The molecule has 0 saturated heterocycles. The summed E-state index contributed by atoms with van der Waals surface area (Å²) in [4.78, 5) is 22.0. The van der Waals surface area contributed by atoms with Gasteiger partial charge in [-0.3, -0.25) is 0 Å². The third kappa shape index (κ3) is 2.83. The van der Waals surface area contributed by atoms with Crippen molar-refractivity contribution in [2.75, 3.05) is 6.61 Å². The fourth-order valence-corrected chi connectivity index (χ4v) is 1.01. The van der Waals surface area contributed by atoms with E-state index in [9.17, 15) is 9.59 Å². The molecule has 1 N–H and O–H groups in total. The number of carbonyl (C=O) groups excluding carboxylic acids is 1. The van der Waals surface area contributed by atoms with E-state index in [1.807, 2.05) is 6.92 Å². The molecule has 0 fully saturated rings. The molecule has 0 aromatic carbocycles. The van der Waals surface area contributed by atoms with Crippen LogP contribution in [0, 0.1) is 0 Å². The van der Waals surface area contributed by atoms with E-state index in [1.54, 1.807) is 0 Å². The first-order valence-electron chi connectivity index (χ1n) is 4.64. The SMILES string of the molecule is CCCCOC(=O)c1occc1C(=O)O. The Bertz CT molecular complexity index is 352. The first kappa shape index (κ1) is 11.3. The number of carboxylic acids is 1. The van der Waals surface area contributed by atoms with E-state index in [4.69, 9.17) is 14.3 Å². The molecule has 1 heterocycles. The summed E-state index contributed by atoms with van der Waals surface area (Å²) in [5, 5.41) is 8.71. The lowest BCUT2D eigenvalue weighted by molar-refractivity contribution is 0.0452. The molecule has 1 rings (SSSR count). The molecule has 0 aliphatic heterocycles. The Kier molecular flexibility index (Phi) is 3.91. The normalized spacial score (nSPS) is 9.93. The molecule has 0 spiro atoms. The van der Waals surface area contributed by atoms with E-state index < -0.39 is 11.9 Å². The predicted octanol–water partition coefficient (Wildman–Crippen LogP) is 1.93. The zero-order chi connectivity index (χ0) is 11.3. The van der Waals surface area contributed by atoms with E-state index >= 15 is 0 Å². The number of hydrogen-bond acceptors (Lipinski definition) is 4. The standard InChI is InChI=1S/C10H12O5/c1-2-3-5-15-10(13)8-7(9(11)12)4-6-14-8/h4,6H,2-3,5H2,1H3,(H,11,12). The maximum Gasteiger partial charge on any atom is 0.375 e. The fraction of sp³-hybridized carbons (Fsp3) is 0.400. The van der Waals surface area contributed by atoms with Gasteiger partial charge in [-0.2, -0.15) is 0 Å². The van der Waals surface area contributed by atoms with Gasteiger partial charge in [0.1, 0.15) is 5.56 Å². The smallest absolute Gasteiger partial charge is 0.375 e. The van der Waals surface area contributed by atoms with Gasteiger partial charge in [0, 0.05) is 0 Å². The average molecular weight is 212 g/mol. The summed E-state index contributed by atoms with van der Waals surface area (Å²) < 4.78 is 9.58. The van der Waals surface area contributed by atoms with Gasteiger partial charge in [0.05, 0.1) is 12.9 Å². The van der Waals surface area contributed by atoms with Crippen molar-refractivity contribution in [1.29, 1.82) is 0 Å². The Balaban J connectivity index is 2.65. The largest absolute Gasteiger partial charge is 0.478 e. The molecule has 82 valence electrons. The molecule has 0 atom stereocenters. The molecule has 5 nitrogen and oxygen atoms in total. The first-order chi connectivity index (χ1) is 7.16. The number of unbranched alkanes of at least 4 members (excludes halogenated alkanes) is 1. The minimum atomic E-state index is -1.20. The lowest BCUT2D eigenvalue weighted by Gasteiger charge is -2.01. The van der Waals surface area contributed by atoms with Gasteiger partial charge in [-0.1, -0.05) is 13.3 Å². The summed E-state index contributed by atoms with van der Waals surface area (Å²) in [6.45, 7) is 2.23. The summed E-state index contributed by atoms with van der Waals surface area (Å²) in [6, 6.07) is 1.22. The summed E-state index contributed by atoms with van der Waals surface area (Å²) in [7, 11) is 0.